The van der Waals surface area contributed by atoms with E-state index in [-0.39, 0.29) is 18.6 Å². The number of benzene rings is 1. The maximum absolute atomic E-state index is 12.2. The summed E-state index contributed by atoms with van der Waals surface area (Å²) in [7, 11) is 0. The van der Waals surface area contributed by atoms with E-state index >= 15 is 0 Å². The zero-order valence-corrected chi connectivity index (χ0v) is 13.9. The van der Waals surface area contributed by atoms with E-state index in [0.29, 0.717) is 23.8 Å². The Kier molecular flexibility index (Phi) is 4.26. The number of amides is 1. The van der Waals surface area contributed by atoms with Crippen molar-refractivity contribution in [2.24, 2.45) is 5.16 Å². The fourth-order valence-electron chi connectivity index (χ4n) is 2.45. The first kappa shape index (κ1) is 15.5. The molecule has 1 atom stereocenters. The molecule has 7 nitrogen and oxygen atoms in total. The van der Waals surface area contributed by atoms with Gasteiger partial charge in [0.15, 0.2) is 6.10 Å². The summed E-state index contributed by atoms with van der Waals surface area (Å²) in [6, 6.07) is 13.5. The lowest BCUT2D eigenvalue weighted by atomic mass is 10.0. The molecule has 2 aromatic heterocycles. The van der Waals surface area contributed by atoms with Crippen LogP contribution in [0, 0.1) is 0 Å². The highest BCUT2D eigenvalue weighted by molar-refractivity contribution is 7.13. The molecular formula is C17H14N4O3S. The number of nitrogens with one attached hydrogen (secondary N) is 1. The van der Waals surface area contributed by atoms with Crippen molar-refractivity contribution in [3.63, 3.8) is 0 Å². The largest absolute Gasteiger partial charge is 0.387 e. The molecule has 1 aliphatic rings. The first-order valence-electron chi connectivity index (χ1n) is 7.72. The number of oxime groups is 1. The number of thiophene rings is 1. The predicted molar refractivity (Wildman–Crippen MR) is 91.8 cm³/mol. The van der Waals surface area contributed by atoms with E-state index in [4.69, 9.17) is 9.36 Å². The van der Waals surface area contributed by atoms with Gasteiger partial charge in [0.1, 0.15) is 5.71 Å². The molecule has 0 aliphatic carbocycles. The number of carbonyl (C=O) groups is 1. The normalized spacial score (nSPS) is 16.3. The van der Waals surface area contributed by atoms with Crippen LogP contribution in [0.15, 0.2) is 57.5 Å². The summed E-state index contributed by atoms with van der Waals surface area (Å²) < 4.78 is 5.15. The van der Waals surface area contributed by atoms with Gasteiger partial charge < -0.3 is 14.7 Å². The minimum atomic E-state index is -0.297. The summed E-state index contributed by atoms with van der Waals surface area (Å²) in [5, 5.41) is 12.5. The lowest BCUT2D eigenvalue weighted by molar-refractivity contribution is -0.115. The van der Waals surface area contributed by atoms with Crippen LogP contribution in [0.4, 0.5) is 0 Å². The smallest absolute Gasteiger partial charge is 0.269 e. The minimum Gasteiger partial charge on any atom is -0.387 e. The second kappa shape index (κ2) is 6.86. The summed E-state index contributed by atoms with van der Waals surface area (Å²) in [6.45, 7) is 0.145. The Morgan fingerprint density at radius 3 is 2.92 bits per heavy atom. The molecule has 126 valence electrons. The Balaban J connectivity index is 1.32. The van der Waals surface area contributed by atoms with Crippen molar-refractivity contribution in [3.05, 3.63) is 59.3 Å². The average Bonchev–Trinajstić information content (AvgIpc) is 3.41. The molecule has 1 aliphatic heterocycles. The highest BCUT2D eigenvalue weighted by atomic mass is 32.1. The first-order chi connectivity index (χ1) is 12.3. The molecule has 0 fully saturated rings. The quantitative estimate of drug-likeness (QED) is 0.761. The summed E-state index contributed by atoms with van der Waals surface area (Å²) in [5.74, 6) is 0.565. The van der Waals surface area contributed by atoms with Crippen molar-refractivity contribution >= 4 is 23.0 Å². The fourth-order valence-corrected chi connectivity index (χ4v) is 3.10. The molecule has 0 spiro atoms. The van der Waals surface area contributed by atoms with Gasteiger partial charge in [0, 0.05) is 6.42 Å². The van der Waals surface area contributed by atoms with E-state index in [1.54, 1.807) is 0 Å². The number of hydrogen-bond donors (Lipinski definition) is 1. The van der Waals surface area contributed by atoms with Gasteiger partial charge in [0.25, 0.3) is 5.91 Å². The van der Waals surface area contributed by atoms with Gasteiger partial charge in [-0.05, 0) is 17.0 Å². The second-order valence-electron chi connectivity index (χ2n) is 5.42. The van der Waals surface area contributed by atoms with Crippen LogP contribution in [-0.2, 0) is 16.2 Å². The Hall–Kier alpha value is -3.00. The van der Waals surface area contributed by atoms with Gasteiger partial charge in [-0.3, -0.25) is 4.79 Å². The van der Waals surface area contributed by atoms with Gasteiger partial charge in [-0.2, -0.15) is 4.98 Å². The highest BCUT2D eigenvalue weighted by Gasteiger charge is 2.27. The molecule has 0 radical (unpaired) electrons. The molecule has 0 saturated heterocycles. The third-order valence-electron chi connectivity index (χ3n) is 3.71. The molecule has 1 N–H and O–H groups in total. The zero-order chi connectivity index (χ0) is 17.1. The van der Waals surface area contributed by atoms with Crippen LogP contribution in [0.5, 0.6) is 0 Å². The van der Waals surface area contributed by atoms with Crippen LogP contribution in [0.25, 0.3) is 10.7 Å². The molecule has 8 heteroatoms. The molecule has 1 amide bonds. The predicted octanol–water partition coefficient (Wildman–Crippen LogP) is 2.93. The van der Waals surface area contributed by atoms with Gasteiger partial charge in [-0.1, -0.05) is 46.7 Å². The molecule has 0 saturated carbocycles. The topological polar surface area (TPSA) is 89.6 Å². The minimum absolute atomic E-state index is 0.145. The number of hydrogen-bond acceptors (Lipinski definition) is 7. The van der Waals surface area contributed by atoms with Crippen molar-refractivity contribution < 1.29 is 14.2 Å². The number of nitrogens with zero attached hydrogens (tertiary/aromatic N) is 3. The zero-order valence-electron chi connectivity index (χ0n) is 13.1. The fraction of sp³-hybridized carbons (Fsp3) is 0.176. The molecule has 1 aromatic carbocycles. The Morgan fingerprint density at radius 2 is 2.12 bits per heavy atom. The Morgan fingerprint density at radius 1 is 1.24 bits per heavy atom. The molecular weight excluding hydrogens is 340 g/mol. The molecule has 25 heavy (non-hydrogen) atoms. The van der Waals surface area contributed by atoms with Crippen molar-refractivity contribution in [1.82, 2.24) is 15.5 Å². The molecule has 3 aromatic rings. The summed E-state index contributed by atoms with van der Waals surface area (Å²) in [5.41, 5.74) is 1.35. The van der Waals surface area contributed by atoms with Gasteiger partial charge in [-0.25, -0.2) is 0 Å². The van der Waals surface area contributed by atoms with E-state index in [2.05, 4.69) is 20.6 Å². The van der Waals surface area contributed by atoms with Gasteiger partial charge in [0.2, 0.25) is 11.7 Å². The standard InChI is InChI=1S/C17H14N4O3S/c22-17(12-9-13(23-20-12)11-5-2-1-3-6-11)18-10-15-19-16(21-24-15)14-7-4-8-25-14/h1-8,13H,9-10H2,(H,18,22)/t13-/m0/s1. The summed E-state index contributed by atoms with van der Waals surface area (Å²) in [6.07, 6.45) is 0.205. The number of aromatic nitrogens is 2. The average molecular weight is 354 g/mol. The van der Waals surface area contributed by atoms with Crippen LogP contribution in [0.3, 0.4) is 0 Å². The van der Waals surface area contributed by atoms with E-state index < -0.39 is 0 Å². The Bertz CT molecular complexity index is 890. The van der Waals surface area contributed by atoms with Crippen molar-refractivity contribution in [2.45, 2.75) is 19.1 Å². The number of rotatable bonds is 5. The molecule has 0 unspecified atom stereocenters. The van der Waals surface area contributed by atoms with Crippen molar-refractivity contribution in [2.75, 3.05) is 0 Å². The monoisotopic (exact) mass is 354 g/mol. The maximum atomic E-state index is 12.2. The van der Waals surface area contributed by atoms with Crippen LogP contribution < -0.4 is 5.32 Å². The van der Waals surface area contributed by atoms with Crippen LogP contribution in [0.1, 0.15) is 24.0 Å². The van der Waals surface area contributed by atoms with Gasteiger partial charge >= 0.3 is 0 Å². The molecule has 0 bridgehead atoms. The lowest BCUT2D eigenvalue weighted by Crippen LogP contribution is -2.30. The summed E-state index contributed by atoms with van der Waals surface area (Å²) in [4.78, 5) is 22.8. The van der Waals surface area contributed by atoms with Crippen molar-refractivity contribution in [3.8, 4) is 10.7 Å². The third kappa shape index (κ3) is 3.43. The summed E-state index contributed by atoms with van der Waals surface area (Å²) >= 11 is 1.52. The second-order valence-corrected chi connectivity index (χ2v) is 6.37. The Labute approximate surface area is 147 Å². The van der Waals surface area contributed by atoms with Crippen LogP contribution in [0.2, 0.25) is 0 Å². The SMILES string of the molecule is O=C(NCc1nc(-c2cccs2)no1)C1=NO[C@H](c2ccccc2)C1. The van der Waals surface area contributed by atoms with E-state index in [1.807, 2.05) is 47.8 Å². The van der Waals surface area contributed by atoms with E-state index in [1.165, 1.54) is 11.3 Å². The highest BCUT2D eigenvalue weighted by Crippen LogP contribution is 2.27. The lowest BCUT2D eigenvalue weighted by Gasteiger charge is -2.07. The van der Waals surface area contributed by atoms with Crippen LogP contribution >= 0.6 is 11.3 Å². The third-order valence-corrected chi connectivity index (χ3v) is 4.58. The molecule has 3 heterocycles. The van der Waals surface area contributed by atoms with E-state index in [0.717, 1.165) is 10.4 Å². The van der Waals surface area contributed by atoms with Crippen molar-refractivity contribution in [1.29, 1.82) is 0 Å². The molecule has 4 rings (SSSR count). The first-order valence-corrected chi connectivity index (χ1v) is 8.60. The maximum Gasteiger partial charge on any atom is 0.269 e. The van der Waals surface area contributed by atoms with Gasteiger partial charge in [-0.15, -0.1) is 11.3 Å². The number of carbonyl (C=O) groups excluding carboxylic acids is 1. The van der Waals surface area contributed by atoms with Crippen LogP contribution in [-0.4, -0.2) is 21.8 Å². The van der Waals surface area contributed by atoms with Gasteiger partial charge in [0.05, 0.1) is 11.4 Å². The van der Waals surface area contributed by atoms with E-state index in [9.17, 15) is 4.79 Å².